The molecule has 2 heterocycles. The Morgan fingerprint density at radius 2 is 1.56 bits per heavy atom. The molecule has 0 spiro atoms. The molecule has 120 valence electrons. The molecule has 5 rings (SSSR count). The van der Waals surface area contributed by atoms with Gasteiger partial charge in [0.25, 0.3) is 0 Å². The van der Waals surface area contributed by atoms with Crippen molar-refractivity contribution in [1.82, 2.24) is 4.57 Å². The molecule has 25 heavy (non-hydrogen) atoms. The first-order valence-electron chi connectivity index (χ1n) is 8.39. The predicted molar refractivity (Wildman–Crippen MR) is 100.0 cm³/mol. The molecule has 1 aliphatic rings. The highest BCUT2D eigenvalue weighted by atomic mass is 16.5. The first-order chi connectivity index (χ1) is 12.4. The molecule has 0 N–H and O–H groups in total. The van der Waals surface area contributed by atoms with Crippen LogP contribution in [-0.2, 0) is 6.67 Å². The second-order valence-corrected chi connectivity index (χ2v) is 6.22. The Labute approximate surface area is 146 Å². The molecule has 1 aliphatic heterocycles. The minimum atomic E-state index is 0.819. The highest BCUT2D eigenvalue weighted by Crippen LogP contribution is 2.27. The van der Waals surface area contributed by atoms with Gasteiger partial charge in [-0.3, -0.25) is 4.57 Å². The Morgan fingerprint density at radius 1 is 0.760 bits per heavy atom. The van der Waals surface area contributed by atoms with Crippen LogP contribution in [0, 0.1) is 0 Å². The number of rotatable bonds is 3. The number of nitrogens with zero attached hydrogens (tertiary/aromatic N) is 2. The number of hydrogen-bond acceptors (Lipinski definition) is 1. The Hall–Kier alpha value is -3.33. The lowest BCUT2D eigenvalue weighted by atomic mass is 10.1. The summed E-state index contributed by atoms with van der Waals surface area (Å²) in [4.78, 5) is 0. The van der Waals surface area contributed by atoms with Gasteiger partial charge in [0, 0.05) is 23.7 Å². The lowest BCUT2D eigenvalue weighted by Gasteiger charge is -2.13. The Bertz CT molecular complexity index is 1080. The molecular formula is C22H17N2O+. The van der Waals surface area contributed by atoms with Gasteiger partial charge in [0.05, 0.1) is 11.1 Å². The largest absolute Gasteiger partial charge is 0.457 e. The molecule has 3 heteroatoms. The highest BCUT2D eigenvalue weighted by Gasteiger charge is 2.19. The maximum atomic E-state index is 5.88. The van der Waals surface area contributed by atoms with E-state index >= 15 is 0 Å². The molecule has 1 aromatic heterocycles. The number of para-hydroxylation sites is 2. The fraction of sp³-hybridized carbons (Fsp3) is 0.0455. The van der Waals surface area contributed by atoms with Gasteiger partial charge < -0.3 is 4.74 Å². The third-order valence-electron chi connectivity index (χ3n) is 4.57. The van der Waals surface area contributed by atoms with E-state index in [-0.39, 0.29) is 0 Å². The van der Waals surface area contributed by atoms with Crippen molar-refractivity contribution in [3.63, 3.8) is 0 Å². The van der Waals surface area contributed by atoms with Crippen molar-refractivity contribution in [2.24, 2.45) is 0 Å². The zero-order chi connectivity index (χ0) is 16.6. The van der Waals surface area contributed by atoms with Crippen molar-refractivity contribution in [2.45, 2.75) is 6.67 Å². The minimum absolute atomic E-state index is 0.819. The van der Waals surface area contributed by atoms with Crippen LogP contribution in [0.1, 0.15) is 5.56 Å². The molecular weight excluding hydrogens is 308 g/mol. The van der Waals surface area contributed by atoms with Gasteiger partial charge in [0.2, 0.25) is 12.4 Å². The Kier molecular flexibility index (Phi) is 3.17. The monoisotopic (exact) mass is 325 g/mol. The fourth-order valence-electron chi connectivity index (χ4n) is 3.37. The minimum Gasteiger partial charge on any atom is -0.457 e. The smallest absolute Gasteiger partial charge is 0.228 e. The molecule has 0 atom stereocenters. The van der Waals surface area contributed by atoms with E-state index in [0.29, 0.717) is 0 Å². The summed E-state index contributed by atoms with van der Waals surface area (Å²) in [7, 11) is 0. The van der Waals surface area contributed by atoms with Gasteiger partial charge in [-0.25, -0.2) is 0 Å². The van der Waals surface area contributed by atoms with Crippen molar-refractivity contribution in [3.05, 3.63) is 90.6 Å². The normalized spacial score (nSPS) is 12.9. The topological polar surface area (TPSA) is 17.2 Å². The molecule has 3 aromatic carbocycles. The van der Waals surface area contributed by atoms with Crippen LogP contribution in [0.2, 0.25) is 0 Å². The number of ether oxygens (including phenoxy) is 1. The van der Waals surface area contributed by atoms with Crippen LogP contribution in [-0.4, -0.2) is 15.4 Å². The molecule has 3 nitrogen and oxygen atoms in total. The second-order valence-electron chi connectivity index (χ2n) is 6.22. The van der Waals surface area contributed by atoms with Crippen LogP contribution in [0.5, 0.6) is 11.5 Å². The maximum Gasteiger partial charge on any atom is 0.228 e. The quantitative estimate of drug-likeness (QED) is 0.475. The summed E-state index contributed by atoms with van der Waals surface area (Å²) in [5, 5.41) is 1.29. The summed E-state index contributed by atoms with van der Waals surface area (Å²) in [6.07, 6.45) is 4.37. The molecule has 0 fully saturated rings. The van der Waals surface area contributed by atoms with E-state index in [0.717, 1.165) is 23.9 Å². The van der Waals surface area contributed by atoms with Crippen molar-refractivity contribution < 1.29 is 9.31 Å². The van der Waals surface area contributed by atoms with Gasteiger partial charge >= 0.3 is 0 Å². The predicted octanol–water partition coefficient (Wildman–Crippen LogP) is 5.17. The van der Waals surface area contributed by atoms with E-state index in [1.165, 1.54) is 16.5 Å². The van der Waals surface area contributed by atoms with Gasteiger partial charge in [0.1, 0.15) is 11.5 Å². The van der Waals surface area contributed by atoms with Crippen molar-refractivity contribution in [2.75, 3.05) is 0 Å². The molecule has 0 unspecified atom stereocenters. The van der Waals surface area contributed by atoms with E-state index in [4.69, 9.17) is 4.74 Å². The summed E-state index contributed by atoms with van der Waals surface area (Å²) < 4.78 is 10.4. The Balaban J connectivity index is 1.45. The third kappa shape index (κ3) is 2.50. The molecule has 0 saturated heterocycles. The lowest BCUT2D eigenvalue weighted by Crippen LogP contribution is -2.18. The van der Waals surface area contributed by atoms with Gasteiger partial charge in [-0.1, -0.05) is 30.3 Å². The van der Waals surface area contributed by atoms with Crippen LogP contribution in [0.15, 0.2) is 85.1 Å². The van der Waals surface area contributed by atoms with Crippen LogP contribution < -0.4 is 4.74 Å². The lowest BCUT2D eigenvalue weighted by molar-refractivity contribution is -0.471. The Morgan fingerprint density at radius 3 is 2.40 bits per heavy atom. The maximum absolute atomic E-state index is 5.88. The van der Waals surface area contributed by atoms with E-state index in [9.17, 15) is 0 Å². The average Bonchev–Trinajstić information content (AvgIpc) is 3.08. The standard InChI is InChI=1S/C22H17N2O/c1-2-7-20(8-3-1)25-21-11-9-19(10-12-21)24-15-18-6-4-5-17-13-14-23(16-24)22(17)18/h1-15H,16H2/q+1. The fourth-order valence-corrected chi connectivity index (χ4v) is 3.37. The van der Waals surface area contributed by atoms with Crippen molar-refractivity contribution in [1.29, 1.82) is 0 Å². The molecule has 0 saturated carbocycles. The van der Waals surface area contributed by atoms with E-state index in [1.54, 1.807) is 0 Å². The first kappa shape index (κ1) is 14.1. The van der Waals surface area contributed by atoms with E-state index in [2.05, 4.69) is 58.0 Å². The summed E-state index contributed by atoms with van der Waals surface area (Å²) in [6, 6.07) is 26.7. The molecule has 0 aliphatic carbocycles. The summed E-state index contributed by atoms with van der Waals surface area (Å²) in [5.41, 5.74) is 3.71. The van der Waals surface area contributed by atoms with E-state index < -0.39 is 0 Å². The van der Waals surface area contributed by atoms with Crippen molar-refractivity contribution in [3.8, 4) is 11.5 Å². The van der Waals surface area contributed by atoms with Crippen LogP contribution in [0.4, 0.5) is 5.69 Å². The summed E-state index contributed by atoms with van der Waals surface area (Å²) in [5.74, 6) is 1.69. The van der Waals surface area contributed by atoms with Crippen LogP contribution >= 0.6 is 0 Å². The van der Waals surface area contributed by atoms with E-state index in [1.807, 2.05) is 42.5 Å². The average molecular weight is 325 g/mol. The summed E-state index contributed by atoms with van der Waals surface area (Å²) in [6.45, 7) is 0.819. The number of aromatic nitrogens is 1. The van der Waals surface area contributed by atoms with Crippen molar-refractivity contribution >= 4 is 22.8 Å². The number of hydrogen-bond donors (Lipinski definition) is 0. The summed E-state index contributed by atoms with van der Waals surface area (Å²) >= 11 is 0. The molecule has 0 radical (unpaired) electrons. The first-order valence-corrected chi connectivity index (χ1v) is 8.39. The zero-order valence-electron chi connectivity index (χ0n) is 13.7. The third-order valence-corrected chi connectivity index (χ3v) is 4.57. The van der Waals surface area contributed by atoms with Crippen LogP contribution in [0.3, 0.4) is 0 Å². The highest BCUT2D eigenvalue weighted by molar-refractivity contribution is 5.97. The van der Waals surface area contributed by atoms with Gasteiger partial charge in [-0.15, -0.1) is 0 Å². The van der Waals surface area contributed by atoms with Gasteiger partial charge in [-0.05, 0) is 36.4 Å². The van der Waals surface area contributed by atoms with Crippen LogP contribution in [0.25, 0.3) is 10.9 Å². The molecule has 0 amide bonds. The SMILES string of the molecule is C1=[N+](c2ccc(Oc3ccccc3)cc2)Cn2ccc3cccc1c32. The zero-order valence-corrected chi connectivity index (χ0v) is 13.7. The van der Waals surface area contributed by atoms with Gasteiger partial charge in [0.15, 0.2) is 6.21 Å². The molecule has 4 aromatic rings. The molecule has 0 bridgehead atoms. The number of benzene rings is 3. The second kappa shape index (κ2) is 5.64. The van der Waals surface area contributed by atoms with Gasteiger partial charge in [-0.2, -0.15) is 4.58 Å².